The normalized spacial score (nSPS) is 12.6. The van der Waals surface area contributed by atoms with Crippen LogP contribution in [0.5, 0.6) is 0 Å². The number of nitrogens with one attached hydrogen (secondary N) is 2. The maximum Gasteiger partial charge on any atom is 0.417 e. The van der Waals surface area contributed by atoms with Gasteiger partial charge in [0.05, 0.1) is 11.1 Å². The smallest absolute Gasteiger partial charge is 0.353 e. The second kappa shape index (κ2) is 7.31. The van der Waals surface area contributed by atoms with Gasteiger partial charge < -0.3 is 10.6 Å². The molecule has 4 nitrogen and oxygen atoms in total. The van der Waals surface area contributed by atoms with Gasteiger partial charge in [-0.1, -0.05) is 12.1 Å². The first kappa shape index (κ1) is 17.3. The van der Waals surface area contributed by atoms with E-state index in [4.69, 9.17) is 11.6 Å². The number of carbonyl (C=O) groups excluding carboxylic acids is 2. The highest BCUT2D eigenvalue weighted by atomic mass is 35.5. The summed E-state index contributed by atoms with van der Waals surface area (Å²) < 4.78 is 38.2. The zero-order chi connectivity index (χ0) is 16.0. The number of halogens is 4. The molecule has 0 bridgehead atoms. The van der Waals surface area contributed by atoms with Gasteiger partial charge in [-0.15, -0.1) is 11.6 Å². The van der Waals surface area contributed by atoms with Gasteiger partial charge in [-0.2, -0.15) is 13.2 Å². The predicted octanol–water partition coefficient (Wildman–Crippen LogP) is 2.18. The van der Waals surface area contributed by atoms with Crippen molar-refractivity contribution in [1.82, 2.24) is 10.6 Å². The summed E-state index contributed by atoms with van der Waals surface area (Å²) in [6, 6.07) is 4.49. The van der Waals surface area contributed by atoms with Crippen molar-refractivity contribution in [1.29, 1.82) is 0 Å². The molecule has 0 fully saturated rings. The van der Waals surface area contributed by atoms with E-state index in [2.05, 4.69) is 10.6 Å². The van der Waals surface area contributed by atoms with Crippen molar-refractivity contribution in [3.63, 3.8) is 0 Å². The van der Waals surface area contributed by atoms with Gasteiger partial charge in [0.15, 0.2) is 0 Å². The molecule has 0 saturated heterocycles. The number of hydrogen-bond donors (Lipinski definition) is 2. The van der Waals surface area contributed by atoms with E-state index in [1.165, 1.54) is 19.1 Å². The molecule has 0 heterocycles. The van der Waals surface area contributed by atoms with E-state index in [1.54, 1.807) is 0 Å². The summed E-state index contributed by atoms with van der Waals surface area (Å²) in [5.41, 5.74) is -1.46. The molecule has 116 valence electrons. The molecule has 0 aromatic heterocycles. The quantitative estimate of drug-likeness (QED) is 0.645. The first-order valence-corrected chi connectivity index (χ1v) is 6.53. The Kier molecular flexibility index (Phi) is 6.02. The van der Waals surface area contributed by atoms with E-state index in [1.807, 2.05) is 0 Å². The highest BCUT2D eigenvalue weighted by Gasteiger charge is 2.34. The highest BCUT2D eigenvalue weighted by molar-refractivity contribution is 6.30. The molecule has 1 atom stereocenters. The average Bonchev–Trinajstić information content (AvgIpc) is 2.42. The van der Waals surface area contributed by atoms with Crippen LogP contribution in [0.15, 0.2) is 24.3 Å². The number of carbonyl (C=O) groups is 2. The summed E-state index contributed by atoms with van der Waals surface area (Å²) in [4.78, 5) is 22.9. The Bertz CT molecular complexity index is 518. The van der Waals surface area contributed by atoms with Crippen LogP contribution >= 0.6 is 11.6 Å². The summed E-state index contributed by atoms with van der Waals surface area (Å²) in [7, 11) is 0. The number of hydrogen-bond acceptors (Lipinski definition) is 2. The van der Waals surface area contributed by atoms with Gasteiger partial charge in [-0.05, 0) is 19.1 Å². The summed E-state index contributed by atoms with van der Waals surface area (Å²) in [5.74, 6) is -1.27. The standard InChI is InChI=1S/C13H14ClF3N2O2/c1-8(14)11(20)18-6-7-19-12(21)9-4-2-3-5-10(9)13(15,16)17/h2-5,8H,6-7H2,1H3,(H,18,20)(H,19,21). The number of benzene rings is 1. The first-order chi connectivity index (χ1) is 9.73. The van der Waals surface area contributed by atoms with Crippen LogP contribution in [-0.2, 0) is 11.0 Å². The van der Waals surface area contributed by atoms with Crippen molar-refractivity contribution in [3.8, 4) is 0 Å². The molecule has 0 aliphatic heterocycles. The van der Waals surface area contributed by atoms with Gasteiger partial charge in [0, 0.05) is 13.1 Å². The third-order valence-corrected chi connectivity index (χ3v) is 2.75. The Morgan fingerprint density at radius 3 is 2.33 bits per heavy atom. The van der Waals surface area contributed by atoms with Crippen molar-refractivity contribution in [2.75, 3.05) is 13.1 Å². The Balaban J connectivity index is 2.59. The highest BCUT2D eigenvalue weighted by Crippen LogP contribution is 2.31. The predicted molar refractivity (Wildman–Crippen MR) is 72.1 cm³/mol. The molecule has 0 aliphatic carbocycles. The minimum Gasteiger partial charge on any atom is -0.353 e. The molecule has 1 unspecified atom stereocenters. The van der Waals surface area contributed by atoms with Crippen molar-refractivity contribution in [3.05, 3.63) is 35.4 Å². The van der Waals surface area contributed by atoms with Crippen LogP contribution in [0.25, 0.3) is 0 Å². The summed E-state index contributed by atoms with van der Waals surface area (Å²) >= 11 is 5.51. The fourth-order valence-corrected chi connectivity index (χ4v) is 1.60. The fourth-order valence-electron chi connectivity index (χ4n) is 1.53. The minimum absolute atomic E-state index is 0.000371. The lowest BCUT2D eigenvalue weighted by Crippen LogP contribution is -2.37. The van der Waals surface area contributed by atoms with E-state index in [0.717, 1.165) is 12.1 Å². The van der Waals surface area contributed by atoms with E-state index < -0.39 is 34.5 Å². The van der Waals surface area contributed by atoms with Gasteiger partial charge in [0.25, 0.3) is 5.91 Å². The van der Waals surface area contributed by atoms with E-state index in [0.29, 0.717) is 0 Å². The molecule has 0 saturated carbocycles. The molecular formula is C13H14ClF3N2O2. The molecule has 1 rings (SSSR count). The number of amides is 2. The lowest BCUT2D eigenvalue weighted by atomic mass is 10.1. The second-order valence-electron chi connectivity index (χ2n) is 4.21. The Morgan fingerprint density at radius 2 is 1.76 bits per heavy atom. The Hall–Kier alpha value is -1.76. The Labute approximate surface area is 124 Å². The third kappa shape index (κ3) is 5.26. The molecule has 1 aromatic carbocycles. The lowest BCUT2D eigenvalue weighted by Gasteiger charge is -2.13. The van der Waals surface area contributed by atoms with Gasteiger partial charge in [-0.25, -0.2) is 0 Å². The number of rotatable bonds is 5. The molecule has 2 N–H and O–H groups in total. The van der Waals surface area contributed by atoms with Crippen LogP contribution in [0.1, 0.15) is 22.8 Å². The van der Waals surface area contributed by atoms with Gasteiger partial charge in [-0.3, -0.25) is 9.59 Å². The zero-order valence-electron chi connectivity index (χ0n) is 11.1. The van der Waals surface area contributed by atoms with Crippen LogP contribution in [0, 0.1) is 0 Å². The maximum absolute atomic E-state index is 12.7. The minimum atomic E-state index is -4.60. The van der Waals surface area contributed by atoms with Crippen molar-refractivity contribution >= 4 is 23.4 Å². The molecule has 0 spiro atoms. The molecular weight excluding hydrogens is 309 g/mol. The van der Waals surface area contributed by atoms with Crippen LogP contribution in [-0.4, -0.2) is 30.3 Å². The summed E-state index contributed by atoms with van der Waals surface area (Å²) in [6.45, 7) is 1.56. The van der Waals surface area contributed by atoms with Crippen molar-refractivity contribution in [2.45, 2.75) is 18.5 Å². The van der Waals surface area contributed by atoms with E-state index in [-0.39, 0.29) is 13.1 Å². The van der Waals surface area contributed by atoms with Gasteiger partial charge >= 0.3 is 6.18 Å². The summed E-state index contributed by atoms with van der Waals surface area (Å²) in [6.07, 6.45) is -4.60. The molecule has 2 amide bonds. The monoisotopic (exact) mass is 322 g/mol. The zero-order valence-corrected chi connectivity index (χ0v) is 11.9. The molecule has 0 radical (unpaired) electrons. The molecule has 21 heavy (non-hydrogen) atoms. The topological polar surface area (TPSA) is 58.2 Å². The van der Waals surface area contributed by atoms with Gasteiger partial charge in [0.1, 0.15) is 5.38 Å². The van der Waals surface area contributed by atoms with Crippen molar-refractivity contribution in [2.24, 2.45) is 0 Å². The average molecular weight is 323 g/mol. The lowest BCUT2D eigenvalue weighted by molar-refractivity contribution is -0.138. The van der Waals surface area contributed by atoms with Crippen LogP contribution < -0.4 is 10.6 Å². The SMILES string of the molecule is CC(Cl)C(=O)NCCNC(=O)c1ccccc1C(F)(F)F. The van der Waals surface area contributed by atoms with Gasteiger partial charge in [0.2, 0.25) is 5.91 Å². The Morgan fingerprint density at radius 1 is 1.19 bits per heavy atom. The second-order valence-corrected chi connectivity index (χ2v) is 4.86. The maximum atomic E-state index is 12.7. The molecule has 1 aromatic rings. The van der Waals surface area contributed by atoms with Crippen LogP contribution in [0.2, 0.25) is 0 Å². The largest absolute Gasteiger partial charge is 0.417 e. The van der Waals surface area contributed by atoms with Crippen LogP contribution in [0.3, 0.4) is 0 Å². The first-order valence-electron chi connectivity index (χ1n) is 6.09. The summed E-state index contributed by atoms with van der Waals surface area (Å²) in [5, 5.41) is 4.02. The molecule has 8 heteroatoms. The fraction of sp³-hybridized carbons (Fsp3) is 0.385. The van der Waals surface area contributed by atoms with Crippen molar-refractivity contribution < 1.29 is 22.8 Å². The number of alkyl halides is 4. The van der Waals surface area contributed by atoms with E-state index in [9.17, 15) is 22.8 Å². The van der Waals surface area contributed by atoms with E-state index >= 15 is 0 Å². The van der Waals surface area contributed by atoms with Crippen LogP contribution in [0.4, 0.5) is 13.2 Å². The third-order valence-electron chi connectivity index (χ3n) is 2.55. The molecule has 0 aliphatic rings.